The number of hydrogen-bond donors (Lipinski definition) is 2. The van der Waals surface area contributed by atoms with Crippen LogP contribution >= 0.6 is 0 Å². The van der Waals surface area contributed by atoms with Crippen LogP contribution < -0.4 is 20.3 Å². The summed E-state index contributed by atoms with van der Waals surface area (Å²) in [5, 5.41) is 8.02. The van der Waals surface area contributed by atoms with E-state index >= 15 is 0 Å². The minimum absolute atomic E-state index is 0.153. The summed E-state index contributed by atoms with van der Waals surface area (Å²) in [5.41, 5.74) is 6.61. The van der Waals surface area contributed by atoms with Crippen LogP contribution in [0.15, 0.2) is 84.0 Å². The molecule has 0 aromatic heterocycles. The van der Waals surface area contributed by atoms with E-state index in [0.717, 1.165) is 36.8 Å². The van der Waals surface area contributed by atoms with E-state index in [0.29, 0.717) is 37.6 Å². The lowest BCUT2D eigenvalue weighted by Crippen LogP contribution is -2.17. The molecule has 0 fully saturated rings. The monoisotopic (exact) mass is 490 g/mol. The number of hydrogen-bond acceptors (Lipinski definition) is 6. The Balaban J connectivity index is 1.58. The summed E-state index contributed by atoms with van der Waals surface area (Å²) in [6.45, 7) is 8.05. The highest BCUT2D eigenvalue weighted by Crippen LogP contribution is 2.16. The minimum Gasteiger partial charge on any atom is -0.489 e. The van der Waals surface area contributed by atoms with E-state index in [2.05, 4.69) is 34.2 Å². The van der Waals surface area contributed by atoms with E-state index in [1.54, 1.807) is 24.6 Å². The summed E-state index contributed by atoms with van der Waals surface area (Å²) in [5.74, 6) is 1.04. The number of unbranched alkanes of at least 4 members (excludes halogenated alkanes) is 3. The van der Waals surface area contributed by atoms with Crippen molar-refractivity contribution in [2.24, 2.45) is 10.2 Å². The fraction of sp³-hybridized carbons (Fsp3) is 0.286. The zero-order chi connectivity index (χ0) is 25.8. The molecule has 190 valence electrons. The maximum Gasteiger partial charge on any atom is 0.240 e. The van der Waals surface area contributed by atoms with Gasteiger partial charge in [0.15, 0.2) is 0 Å². The summed E-state index contributed by atoms with van der Waals surface area (Å²) in [6.07, 6.45) is 10.3. The lowest BCUT2D eigenvalue weighted by molar-refractivity contribution is -0.122. The van der Waals surface area contributed by atoms with Gasteiger partial charge in [-0.3, -0.25) is 9.59 Å². The number of hydrazone groups is 2. The van der Waals surface area contributed by atoms with Crippen LogP contribution in [0.5, 0.6) is 11.5 Å². The smallest absolute Gasteiger partial charge is 0.240 e. The highest BCUT2D eigenvalue weighted by molar-refractivity contribution is 5.86. The molecule has 2 rings (SSSR count). The third-order valence-corrected chi connectivity index (χ3v) is 4.89. The molecule has 2 N–H and O–H groups in total. The number of carbonyl (C=O) groups is 2. The normalized spacial score (nSPS) is 10.8. The molecule has 0 spiro atoms. The molecule has 0 saturated heterocycles. The van der Waals surface area contributed by atoms with Gasteiger partial charge in [-0.1, -0.05) is 62.4 Å². The first kappa shape index (κ1) is 28.0. The van der Waals surface area contributed by atoms with Crippen LogP contribution in [0.3, 0.4) is 0 Å². The number of para-hydroxylation sites is 2. The van der Waals surface area contributed by atoms with E-state index in [4.69, 9.17) is 9.47 Å². The van der Waals surface area contributed by atoms with Gasteiger partial charge in [0.1, 0.15) is 24.7 Å². The second-order valence-electron chi connectivity index (χ2n) is 7.78. The molecule has 2 aromatic rings. The van der Waals surface area contributed by atoms with Crippen molar-refractivity contribution < 1.29 is 19.1 Å². The summed E-state index contributed by atoms with van der Waals surface area (Å²) >= 11 is 0. The number of amides is 2. The highest BCUT2D eigenvalue weighted by atomic mass is 16.5. The van der Waals surface area contributed by atoms with Gasteiger partial charge in [0.05, 0.1) is 12.4 Å². The highest BCUT2D eigenvalue weighted by Gasteiger charge is 2.04. The Morgan fingerprint density at radius 3 is 1.53 bits per heavy atom. The van der Waals surface area contributed by atoms with Gasteiger partial charge in [-0.15, -0.1) is 0 Å². The van der Waals surface area contributed by atoms with Crippen LogP contribution in [0.4, 0.5) is 0 Å². The van der Waals surface area contributed by atoms with Crippen LogP contribution in [0.2, 0.25) is 0 Å². The number of ether oxygens (including phenoxy) is 2. The van der Waals surface area contributed by atoms with Gasteiger partial charge in [-0.2, -0.15) is 10.2 Å². The summed E-state index contributed by atoms with van der Waals surface area (Å²) in [7, 11) is 0. The topological polar surface area (TPSA) is 101 Å². The Kier molecular flexibility index (Phi) is 13.4. The van der Waals surface area contributed by atoms with Crippen LogP contribution in [-0.2, 0) is 9.59 Å². The van der Waals surface area contributed by atoms with E-state index < -0.39 is 0 Å². The molecule has 36 heavy (non-hydrogen) atoms. The molecule has 0 unspecified atom stereocenters. The van der Waals surface area contributed by atoms with Gasteiger partial charge in [-0.05, 0) is 37.1 Å². The van der Waals surface area contributed by atoms with Gasteiger partial charge in [0, 0.05) is 24.0 Å². The molecular formula is C28H34N4O4. The first-order chi connectivity index (χ1) is 17.6. The number of nitrogens with zero attached hydrogens (tertiary/aromatic N) is 2. The van der Waals surface area contributed by atoms with Crippen molar-refractivity contribution in [2.75, 3.05) is 13.2 Å². The molecule has 8 heteroatoms. The van der Waals surface area contributed by atoms with Crippen LogP contribution in [0.25, 0.3) is 0 Å². The van der Waals surface area contributed by atoms with Crippen molar-refractivity contribution in [2.45, 2.75) is 38.5 Å². The largest absolute Gasteiger partial charge is 0.489 e. The van der Waals surface area contributed by atoms with Crippen molar-refractivity contribution in [3.8, 4) is 11.5 Å². The first-order valence-corrected chi connectivity index (χ1v) is 11.9. The maximum atomic E-state index is 12.0. The fourth-order valence-electron chi connectivity index (χ4n) is 3.12. The van der Waals surface area contributed by atoms with E-state index in [1.807, 2.05) is 48.5 Å². The molecule has 0 aliphatic rings. The molecule has 2 aromatic carbocycles. The molecular weight excluding hydrogens is 456 g/mol. The lowest BCUT2D eigenvalue weighted by atomic mass is 10.1. The van der Waals surface area contributed by atoms with Crippen molar-refractivity contribution in [3.63, 3.8) is 0 Å². The number of benzene rings is 2. The zero-order valence-corrected chi connectivity index (χ0v) is 20.5. The van der Waals surface area contributed by atoms with Crippen LogP contribution in [0, 0.1) is 0 Å². The molecule has 0 saturated carbocycles. The number of nitrogens with one attached hydrogen (secondary N) is 2. The standard InChI is InChI=1S/C28H34N4O4/c1-3-19-35-25-15-11-9-13-23(25)21-29-31-27(33)17-7-5-6-8-18-28(34)32-30-22-24-14-10-12-16-26(24)36-20-4-2/h3-4,9-16,21-22H,1-2,5-8,17-20H2,(H,31,33)(H,32,34). The molecule has 2 amide bonds. The van der Waals surface area contributed by atoms with Gasteiger partial charge in [-0.25, -0.2) is 10.9 Å². The summed E-state index contributed by atoms with van der Waals surface area (Å²) < 4.78 is 11.1. The molecule has 0 atom stereocenters. The van der Waals surface area contributed by atoms with Crippen molar-refractivity contribution >= 4 is 24.2 Å². The Labute approximate surface area is 212 Å². The average molecular weight is 491 g/mol. The molecule has 0 aliphatic carbocycles. The minimum atomic E-state index is -0.153. The number of rotatable bonds is 17. The summed E-state index contributed by atoms with van der Waals surface area (Å²) in [4.78, 5) is 24.0. The molecule has 0 bridgehead atoms. The second-order valence-corrected chi connectivity index (χ2v) is 7.78. The first-order valence-electron chi connectivity index (χ1n) is 11.9. The molecule has 0 radical (unpaired) electrons. The Hall–Kier alpha value is -4.20. The van der Waals surface area contributed by atoms with Gasteiger partial charge in [0.25, 0.3) is 0 Å². The summed E-state index contributed by atoms with van der Waals surface area (Å²) in [6, 6.07) is 14.9. The predicted octanol–water partition coefficient (Wildman–Crippen LogP) is 4.76. The van der Waals surface area contributed by atoms with Gasteiger partial charge in [0.2, 0.25) is 11.8 Å². The lowest BCUT2D eigenvalue weighted by Gasteiger charge is -2.06. The van der Waals surface area contributed by atoms with Crippen molar-refractivity contribution in [1.82, 2.24) is 10.9 Å². The Bertz CT molecular complexity index is 966. The molecule has 0 aliphatic heterocycles. The van der Waals surface area contributed by atoms with Crippen LogP contribution in [-0.4, -0.2) is 37.5 Å². The van der Waals surface area contributed by atoms with E-state index in [-0.39, 0.29) is 11.8 Å². The zero-order valence-electron chi connectivity index (χ0n) is 20.5. The van der Waals surface area contributed by atoms with Crippen LogP contribution in [0.1, 0.15) is 49.7 Å². The fourth-order valence-corrected chi connectivity index (χ4v) is 3.12. The van der Waals surface area contributed by atoms with E-state index in [9.17, 15) is 9.59 Å². The quantitative estimate of drug-likeness (QED) is 0.144. The Morgan fingerprint density at radius 2 is 1.11 bits per heavy atom. The van der Waals surface area contributed by atoms with Gasteiger partial charge >= 0.3 is 0 Å². The second kappa shape index (κ2) is 17.3. The van der Waals surface area contributed by atoms with Gasteiger partial charge < -0.3 is 9.47 Å². The van der Waals surface area contributed by atoms with Crippen molar-refractivity contribution in [1.29, 1.82) is 0 Å². The SMILES string of the molecule is C=CCOc1ccccc1C=NNC(=O)CCCCCCC(=O)NN=Cc1ccccc1OCC=C. The molecule has 8 nitrogen and oxygen atoms in total. The maximum absolute atomic E-state index is 12.0. The average Bonchev–Trinajstić information content (AvgIpc) is 2.89. The molecule has 0 heterocycles. The predicted molar refractivity (Wildman–Crippen MR) is 143 cm³/mol. The van der Waals surface area contributed by atoms with Crippen molar-refractivity contribution in [3.05, 3.63) is 85.0 Å². The Morgan fingerprint density at radius 1 is 0.694 bits per heavy atom. The third kappa shape index (κ3) is 11.3. The third-order valence-electron chi connectivity index (χ3n) is 4.89. The van der Waals surface area contributed by atoms with E-state index in [1.165, 1.54) is 0 Å². The number of carbonyl (C=O) groups excluding carboxylic acids is 2.